The Hall–Kier alpha value is -0.420. The van der Waals surface area contributed by atoms with Crippen LogP contribution in [-0.2, 0) is 4.79 Å². The van der Waals surface area contributed by atoms with Gasteiger partial charge in [0.1, 0.15) is 10.6 Å². The predicted molar refractivity (Wildman–Crippen MR) is 52.3 cm³/mol. The Morgan fingerprint density at radius 2 is 2.33 bits per heavy atom. The number of nitrogens with zero attached hydrogens (tertiary/aromatic N) is 2. The first kappa shape index (κ1) is 8.19. The minimum Gasteiger partial charge on any atom is -0.272 e. The second-order valence-electron chi connectivity index (χ2n) is 2.40. The van der Waals surface area contributed by atoms with E-state index in [9.17, 15) is 4.79 Å². The molecule has 2 heterocycles. The number of aromatic nitrogens is 1. The zero-order valence-electron chi connectivity index (χ0n) is 5.87. The molecule has 1 aliphatic heterocycles. The fourth-order valence-corrected chi connectivity index (χ4v) is 2.45. The standard InChI is InChI=1S/C7H4Br2N2O/c8-5-4-2-1-3-10-6(4)11(9)7(5)12/h1-3,5H. The minimum atomic E-state index is -0.263. The van der Waals surface area contributed by atoms with E-state index < -0.39 is 0 Å². The lowest BCUT2D eigenvalue weighted by Gasteiger charge is -2.03. The number of pyridine rings is 1. The molecule has 3 nitrogen and oxygen atoms in total. The molecule has 0 radical (unpaired) electrons. The van der Waals surface area contributed by atoms with E-state index in [0.717, 1.165) is 5.56 Å². The van der Waals surface area contributed by atoms with Gasteiger partial charge in [0.2, 0.25) is 0 Å². The van der Waals surface area contributed by atoms with Crippen LogP contribution in [0.4, 0.5) is 5.82 Å². The molecule has 1 amide bonds. The largest absolute Gasteiger partial charge is 0.272 e. The number of carbonyl (C=O) groups is 1. The summed E-state index contributed by atoms with van der Waals surface area (Å²) in [6, 6.07) is 3.69. The van der Waals surface area contributed by atoms with Gasteiger partial charge >= 0.3 is 0 Å². The fraction of sp³-hybridized carbons (Fsp3) is 0.143. The van der Waals surface area contributed by atoms with Crippen molar-refractivity contribution in [3.05, 3.63) is 23.9 Å². The van der Waals surface area contributed by atoms with Crippen molar-refractivity contribution in [2.75, 3.05) is 3.93 Å². The molecule has 0 fully saturated rings. The molecule has 2 rings (SSSR count). The number of hydrogen-bond donors (Lipinski definition) is 0. The van der Waals surface area contributed by atoms with Gasteiger partial charge in [0, 0.05) is 11.8 Å². The number of fused-ring (bicyclic) bond motifs is 1. The second-order valence-corrected chi connectivity index (χ2v) is 4.02. The molecule has 0 saturated carbocycles. The Kier molecular flexibility index (Phi) is 1.92. The van der Waals surface area contributed by atoms with Gasteiger partial charge in [-0.25, -0.2) is 8.91 Å². The molecule has 1 aliphatic rings. The monoisotopic (exact) mass is 290 g/mol. The lowest BCUT2D eigenvalue weighted by Crippen LogP contribution is -2.15. The summed E-state index contributed by atoms with van der Waals surface area (Å²) in [7, 11) is 0. The maximum atomic E-state index is 11.4. The van der Waals surface area contributed by atoms with Crippen LogP contribution < -0.4 is 3.93 Å². The second kappa shape index (κ2) is 2.81. The van der Waals surface area contributed by atoms with Crippen molar-refractivity contribution < 1.29 is 4.79 Å². The summed E-state index contributed by atoms with van der Waals surface area (Å²) < 4.78 is 1.38. The third kappa shape index (κ3) is 0.998. The summed E-state index contributed by atoms with van der Waals surface area (Å²) in [5, 5.41) is 0. The summed E-state index contributed by atoms with van der Waals surface area (Å²) >= 11 is 6.42. The van der Waals surface area contributed by atoms with E-state index in [-0.39, 0.29) is 10.7 Å². The number of rotatable bonds is 0. The van der Waals surface area contributed by atoms with Gasteiger partial charge in [0.15, 0.2) is 0 Å². The SMILES string of the molecule is O=C1C(Br)c2cccnc2N1Br. The molecular formula is C7H4Br2N2O. The normalized spacial score (nSPS) is 21.3. The van der Waals surface area contributed by atoms with Gasteiger partial charge in [-0.05, 0) is 6.07 Å². The van der Waals surface area contributed by atoms with Gasteiger partial charge in [-0.1, -0.05) is 22.0 Å². The average molecular weight is 292 g/mol. The summed E-state index contributed by atoms with van der Waals surface area (Å²) in [5.41, 5.74) is 0.902. The lowest BCUT2D eigenvalue weighted by molar-refractivity contribution is -0.116. The highest BCUT2D eigenvalue weighted by atomic mass is 79.9. The molecule has 1 atom stereocenters. The quantitative estimate of drug-likeness (QED) is 0.542. The molecule has 0 bridgehead atoms. The van der Waals surface area contributed by atoms with E-state index in [1.807, 2.05) is 12.1 Å². The molecule has 0 N–H and O–H groups in total. The minimum absolute atomic E-state index is 0.0382. The molecule has 1 aromatic heterocycles. The molecule has 0 saturated heterocycles. The van der Waals surface area contributed by atoms with Crippen LogP contribution in [0.1, 0.15) is 10.4 Å². The van der Waals surface area contributed by atoms with Crippen LogP contribution in [0.2, 0.25) is 0 Å². The number of amides is 1. The van der Waals surface area contributed by atoms with E-state index in [0.29, 0.717) is 5.82 Å². The van der Waals surface area contributed by atoms with Crippen LogP contribution in [0.5, 0.6) is 0 Å². The van der Waals surface area contributed by atoms with E-state index in [1.165, 1.54) is 3.93 Å². The van der Waals surface area contributed by atoms with Gasteiger partial charge in [-0.3, -0.25) is 4.79 Å². The molecule has 0 spiro atoms. The zero-order chi connectivity index (χ0) is 8.72. The predicted octanol–water partition coefficient (Wildman–Crippen LogP) is 2.17. The Balaban J connectivity index is 2.59. The highest BCUT2D eigenvalue weighted by Gasteiger charge is 2.35. The molecular weight excluding hydrogens is 288 g/mol. The molecule has 12 heavy (non-hydrogen) atoms. The highest BCUT2D eigenvalue weighted by molar-refractivity contribution is 9.11. The topological polar surface area (TPSA) is 33.2 Å². The summed E-state index contributed by atoms with van der Waals surface area (Å²) in [6.07, 6.45) is 1.66. The first-order valence-corrected chi connectivity index (χ1v) is 4.93. The van der Waals surface area contributed by atoms with Crippen molar-refractivity contribution in [1.29, 1.82) is 0 Å². The average Bonchev–Trinajstić information content (AvgIpc) is 2.33. The maximum absolute atomic E-state index is 11.4. The Labute approximate surface area is 86.2 Å². The molecule has 0 aromatic carbocycles. The van der Waals surface area contributed by atoms with Crippen molar-refractivity contribution in [3.63, 3.8) is 0 Å². The molecule has 1 aromatic rings. The summed E-state index contributed by atoms with van der Waals surface area (Å²) in [5.74, 6) is 0.632. The molecule has 5 heteroatoms. The van der Waals surface area contributed by atoms with Gasteiger partial charge in [0.05, 0.1) is 16.1 Å². The smallest absolute Gasteiger partial charge is 0.256 e. The Bertz CT molecular complexity index is 311. The zero-order valence-corrected chi connectivity index (χ0v) is 9.04. The van der Waals surface area contributed by atoms with Crippen molar-refractivity contribution in [2.45, 2.75) is 4.83 Å². The van der Waals surface area contributed by atoms with Crippen LogP contribution in [0, 0.1) is 0 Å². The first-order valence-electron chi connectivity index (χ1n) is 3.30. The van der Waals surface area contributed by atoms with E-state index in [4.69, 9.17) is 0 Å². The van der Waals surface area contributed by atoms with Crippen LogP contribution in [0.15, 0.2) is 18.3 Å². The maximum Gasteiger partial charge on any atom is 0.256 e. The van der Waals surface area contributed by atoms with E-state index in [1.54, 1.807) is 6.20 Å². The number of halogens is 2. The Morgan fingerprint density at radius 3 is 3.00 bits per heavy atom. The molecule has 62 valence electrons. The van der Waals surface area contributed by atoms with Crippen molar-refractivity contribution >= 4 is 43.8 Å². The number of carbonyl (C=O) groups excluding carboxylic acids is 1. The van der Waals surface area contributed by atoms with Crippen molar-refractivity contribution in [1.82, 2.24) is 4.98 Å². The van der Waals surface area contributed by atoms with E-state index in [2.05, 4.69) is 37.1 Å². The third-order valence-electron chi connectivity index (χ3n) is 1.69. The van der Waals surface area contributed by atoms with Gasteiger partial charge in [-0.2, -0.15) is 0 Å². The van der Waals surface area contributed by atoms with Gasteiger partial charge in [0.25, 0.3) is 5.91 Å². The molecule has 0 aliphatic carbocycles. The van der Waals surface area contributed by atoms with Gasteiger partial charge in [-0.15, -0.1) is 0 Å². The third-order valence-corrected chi connectivity index (χ3v) is 3.26. The van der Waals surface area contributed by atoms with Crippen molar-refractivity contribution in [2.24, 2.45) is 0 Å². The van der Waals surface area contributed by atoms with Crippen LogP contribution in [0.25, 0.3) is 0 Å². The van der Waals surface area contributed by atoms with Crippen LogP contribution in [-0.4, -0.2) is 10.9 Å². The summed E-state index contributed by atoms with van der Waals surface area (Å²) in [4.78, 5) is 15.2. The van der Waals surface area contributed by atoms with Crippen molar-refractivity contribution in [3.8, 4) is 0 Å². The van der Waals surface area contributed by atoms with Crippen LogP contribution >= 0.6 is 32.1 Å². The Morgan fingerprint density at radius 1 is 1.58 bits per heavy atom. The van der Waals surface area contributed by atoms with Crippen LogP contribution in [0.3, 0.4) is 0 Å². The van der Waals surface area contributed by atoms with E-state index >= 15 is 0 Å². The summed E-state index contributed by atoms with van der Waals surface area (Å²) in [6.45, 7) is 0. The molecule has 1 unspecified atom stereocenters. The lowest BCUT2D eigenvalue weighted by atomic mass is 10.2. The highest BCUT2D eigenvalue weighted by Crippen LogP contribution is 2.40. The number of anilines is 1. The number of alkyl halides is 1. The van der Waals surface area contributed by atoms with Gasteiger partial charge < -0.3 is 0 Å². The fourth-order valence-electron chi connectivity index (χ4n) is 1.11. The number of hydrogen-bond acceptors (Lipinski definition) is 2. The first-order chi connectivity index (χ1) is 5.72.